The Morgan fingerprint density at radius 3 is 2.11 bits per heavy atom. The van der Waals surface area contributed by atoms with Gasteiger partial charge in [-0.25, -0.2) is 0 Å². The van der Waals surface area contributed by atoms with E-state index in [0.717, 1.165) is 19.3 Å². The van der Waals surface area contributed by atoms with E-state index in [2.05, 4.69) is 28.9 Å². The van der Waals surface area contributed by atoms with Gasteiger partial charge in [-0.05, 0) is 43.4 Å². The molecule has 1 aliphatic carbocycles. The highest BCUT2D eigenvalue weighted by Gasteiger charge is 2.48. The highest BCUT2D eigenvalue weighted by Crippen LogP contribution is 2.36. The van der Waals surface area contributed by atoms with Crippen molar-refractivity contribution >= 4 is 23.5 Å². The van der Waals surface area contributed by atoms with E-state index < -0.39 is 5.54 Å². The number of benzene rings is 1. The quantitative estimate of drug-likeness (QED) is 0.263. The summed E-state index contributed by atoms with van der Waals surface area (Å²) in [5, 5.41) is 2.96. The van der Waals surface area contributed by atoms with Crippen molar-refractivity contribution in [1.82, 2.24) is 5.32 Å². The van der Waals surface area contributed by atoms with Gasteiger partial charge in [0, 0.05) is 17.3 Å². The summed E-state index contributed by atoms with van der Waals surface area (Å²) in [5.41, 5.74) is 7.19. The van der Waals surface area contributed by atoms with E-state index in [-0.39, 0.29) is 5.91 Å². The van der Waals surface area contributed by atoms with Gasteiger partial charge in [-0.2, -0.15) is 4.51 Å². The molecule has 0 heterocycles. The van der Waals surface area contributed by atoms with Crippen LogP contribution in [0.15, 0.2) is 28.8 Å². The number of halogens is 1. The Balaban J connectivity index is 1.64. The molecule has 0 unspecified atom stereocenters. The van der Waals surface area contributed by atoms with Crippen LogP contribution in [0, 0.1) is 0 Å². The number of aryl methyl sites for hydroxylation is 1. The molecule has 0 saturated heterocycles. The van der Waals surface area contributed by atoms with Gasteiger partial charge >= 0.3 is 0 Å². The van der Waals surface area contributed by atoms with E-state index in [1.807, 2.05) is 12.1 Å². The minimum absolute atomic E-state index is 0.120. The molecule has 1 saturated carbocycles. The average molecular weight is 392 g/mol. The lowest BCUT2D eigenvalue weighted by Gasteiger charge is -2.16. The Morgan fingerprint density at radius 2 is 1.59 bits per heavy atom. The Hall–Kier alpha value is -1.55. The smallest absolute Gasteiger partial charge is 0.252 e. The second-order valence-electron chi connectivity index (χ2n) is 7.78. The van der Waals surface area contributed by atoms with Crippen LogP contribution in [0.1, 0.15) is 93.5 Å². The van der Waals surface area contributed by atoms with Crippen LogP contribution >= 0.6 is 11.8 Å². The molecule has 2 rings (SSSR count). The number of amidine groups is 1. The van der Waals surface area contributed by atoms with Gasteiger partial charge in [-0.15, -0.1) is 0 Å². The van der Waals surface area contributed by atoms with Crippen LogP contribution in [-0.4, -0.2) is 17.3 Å². The standard InChI is InChI=1S/C22H34ClN3O/c1-2-3-4-5-6-7-8-9-10-11-18-12-14-19(15-13-18)20(27)25-22(16-17-22)21(24)26-23/h12-15H,2-11,16-17H2,1H3,(H2,24,26)(H,25,27). The largest absolute Gasteiger partial charge is 0.384 e. The summed E-state index contributed by atoms with van der Waals surface area (Å²) in [5.74, 6) is 0.171. The summed E-state index contributed by atoms with van der Waals surface area (Å²) in [6, 6.07) is 7.89. The van der Waals surface area contributed by atoms with Crippen LogP contribution in [0.25, 0.3) is 0 Å². The van der Waals surface area contributed by atoms with E-state index in [1.165, 1.54) is 63.4 Å². The molecule has 1 aromatic carbocycles. The zero-order valence-electron chi connectivity index (χ0n) is 16.6. The minimum Gasteiger partial charge on any atom is -0.384 e. The molecule has 1 amide bonds. The summed E-state index contributed by atoms with van der Waals surface area (Å²) < 4.78 is 3.51. The van der Waals surface area contributed by atoms with E-state index in [0.29, 0.717) is 11.4 Å². The van der Waals surface area contributed by atoms with E-state index in [9.17, 15) is 4.79 Å². The van der Waals surface area contributed by atoms with Crippen LogP contribution in [0.4, 0.5) is 0 Å². The fourth-order valence-electron chi connectivity index (χ4n) is 3.40. The SMILES string of the molecule is CCCCCCCCCCCc1ccc(C(=O)NC2(/C(N)=N/Cl)CC2)cc1. The fourth-order valence-corrected chi connectivity index (χ4v) is 3.56. The molecule has 0 atom stereocenters. The number of nitrogens with zero attached hydrogens (tertiary/aromatic N) is 1. The van der Waals surface area contributed by atoms with E-state index in [4.69, 9.17) is 17.5 Å². The number of carbonyl (C=O) groups excluding carboxylic acids is 1. The minimum atomic E-state index is -0.534. The molecule has 3 N–H and O–H groups in total. The summed E-state index contributed by atoms with van der Waals surface area (Å²) >= 11 is 5.45. The maximum absolute atomic E-state index is 12.4. The predicted octanol–water partition coefficient (Wildman–Crippen LogP) is 5.53. The lowest BCUT2D eigenvalue weighted by molar-refractivity contribution is 0.0943. The number of hydrogen-bond donors (Lipinski definition) is 2. The van der Waals surface area contributed by atoms with Gasteiger partial charge in [0.15, 0.2) is 0 Å². The van der Waals surface area contributed by atoms with Crippen molar-refractivity contribution in [3.63, 3.8) is 0 Å². The molecular formula is C22H34ClN3O. The Kier molecular flexibility index (Phi) is 9.12. The molecule has 5 heteroatoms. The van der Waals surface area contributed by atoms with Crippen molar-refractivity contribution < 1.29 is 4.79 Å². The third kappa shape index (κ3) is 7.17. The summed E-state index contributed by atoms with van der Waals surface area (Å²) in [6.07, 6.45) is 14.7. The number of nitrogens with two attached hydrogens (primary N) is 1. The highest BCUT2D eigenvalue weighted by atomic mass is 35.5. The Morgan fingerprint density at radius 1 is 1.04 bits per heavy atom. The molecule has 0 bridgehead atoms. The number of hydrogen-bond acceptors (Lipinski definition) is 2. The van der Waals surface area contributed by atoms with Gasteiger partial charge < -0.3 is 11.1 Å². The molecule has 0 radical (unpaired) electrons. The monoisotopic (exact) mass is 391 g/mol. The van der Waals surface area contributed by atoms with Crippen molar-refractivity contribution in [2.45, 2.75) is 89.5 Å². The Bertz CT molecular complexity index is 608. The lowest BCUT2D eigenvalue weighted by atomic mass is 10.0. The highest BCUT2D eigenvalue weighted by molar-refractivity contribution is 6.21. The topological polar surface area (TPSA) is 67.5 Å². The first-order valence-corrected chi connectivity index (χ1v) is 10.8. The second kappa shape index (κ2) is 11.3. The first-order valence-electron chi connectivity index (χ1n) is 10.5. The molecular weight excluding hydrogens is 358 g/mol. The van der Waals surface area contributed by atoms with Gasteiger partial charge in [0.1, 0.15) is 5.84 Å². The maximum atomic E-state index is 12.4. The van der Waals surface area contributed by atoms with Crippen LogP contribution in [0.5, 0.6) is 0 Å². The van der Waals surface area contributed by atoms with Crippen molar-refractivity contribution in [3.05, 3.63) is 35.4 Å². The molecule has 0 aromatic heterocycles. The summed E-state index contributed by atoms with van der Waals surface area (Å²) in [4.78, 5) is 12.4. The number of unbranched alkanes of at least 4 members (excludes halogenated alkanes) is 8. The average Bonchev–Trinajstić information content (AvgIpc) is 3.47. The van der Waals surface area contributed by atoms with Crippen LogP contribution in [0.3, 0.4) is 0 Å². The van der Waals surface area contributed by atoms with E-state index >= 15 is 0 Å². The third-order valence-electron chi connectivity index (χ3n) is 5.47. The van der Waals surface area contributed by atoms with Crippen molar-refractivity contribution in [1.29, 1.82) is 0 Å². The van der Waals surface area contributed by atoms with Crippen molar-refractivity contribution in [2.24, 2.45) is 10.2 Å². The van der Waals surface area contributed by atoms with Gasteiger partial charge in [0.25, 0.3) is 5.91 Å². The molecule has 0 aliphatic heterocycles. The van der Waals surface area contributed by atoms with E-state index in [1.54, 1.807) is 0 Å². The lowest BCUT2D eigenvalue weighted by Crippen LogP contribution is -2.46. The molecule has 1 aromatic rings. The molecule has 4 nitrogen and oxygen atoms in total. The van der Waals surface area contributed by atoms with Crippen LogP contribution in [-0.2, 0) is 6.42 Å². The van der Waals surface area contributed by atoms with Crippen molar-refractivity contribution in [3.8, 4) is 0 Å². The normalized spacial score (nSPS) is 15.6. The zero-order valence-corrected chi connectivity index (χ0v) is 17.4. The molecule has 0 spiro atoms. The van der Waals surface area contributed by atoms with Crippen molar-refractivity contribution in [2.75, 3.05) is 0 Å². The molecule has 1 aliphatic rings. The Labute approximate surface area is 169 Å². The van der Waals surface area contributed by atoms with Gasteiger partial charge in [-0.3, -0.25) is 4.79 Å². The third-order valence-corrected chi connectivity index (χ3v) is 5.65. The van der Waals surface area contributed by atoms with Gasteiger partial charge in [0.05, 0.1) is 5.54 Å². The first-order chi connectivity index (χ1) is 13.1. The number of nitrogens with one attached hydrogen (secondary N) is 1. The first kappa shape index (κ1) is 21.7. The second-order valence-corrected chi connectivity index (χ2v) is 7.95. The van der Waals surface area contributed by atoms with Gasteiger partial charge in [0.2, 0.25) is 0 Å². The van der Waals surface area contributed by atoms with Crippen LogP contribution in [0.2, 0.25) is 0 Å². The molecule has 1 fully saturated rings. The summed E-state index contributed by atoms with van der Waals surface area (Å²) in [6.45, 7) is 2.26. The maximum Gasteiger partial charge on any atom is 0.252 e. The number of carbonyl (C=O) groups is 1. The molecule has 150 valence electrons. The number of rotatable bonds is 13. The number of amides is 1. The molecule has 27 heavy (non-hydrogen) atoms. The summed E-state index contributed by atoms with van der Waals surface area (Å²) in [7, 11) is 0. The van der Waals surface area contributed by atoms with Crippen LogP contribution < -0.4 is 11.1 Å². The predicted molar refractivity (Wildman–Crippen MR) is 114 cm³/mol. The zero-order chi connectivity index (χ0) is 19.5. The fraction of sp³-hybridized carbons (Fsp3) is 0.636. The van der Waals surface area contributed by atoms with Gasteiger partial charge in [-0.1, -0.05) is 70.4 Å².